The molecule has 0 saturated heterocycles. The maximum atomic E-state index is 12.9. The number of nitrogens with one attached hydrogen (secondary N) is 2. The maximum absolute atomic E-state index is 12.9. The number of fused-ring (bicyclic) bond motifs is 1. The first-order valence-electron chi connectivity index (χ1n) is 10.7. The molecule has 2 aromatic carbocycles. The van der Waals surface area contributed by atoms with E-state index in [1.54, 1.807) is 25.9 Å². The van der Waals surface area contributed by atoms with Gasteiger partial charge in [-0.1, -0.05) is 43.7 Å². The van der Waals surface area contributed by atoms with Crippen molar-refractivity contribution in [1.82, 2.24) is 14.5 Å². The molecule has 0 saturated carbocycles. The van der Waals surface area contributed by atoms with Crippen LogP contribution >= 0.6 is 0 Å². The van der Waals surface area contributed by atoms with Gasteiger partial charge < -0.3 is 19.2 Å². The molecular formula is C25H27N3O5. The fourth-order valence-corrected chi connectivity index (χ4v) is 4.19. The second-order valence-electron chi connectivity index (χ2n) is 7.70. The lowest BCUT2D eigenvalue weighted by Gasteiger charge is -2.14. The molecule has 4 aromatic rings. The molecule has 0 atom stereocenters. The van der Waals surface area contributed by atoms with Crippen LogP contribution in [0.5, 0.6) is 17.2 Å². The van der Waals surface area contributed by atoms with Gasteiger partial charge in [0.25, 0.3) is 5.56 Å². The summed E-state index contributed by atoms with van der Waals surface area (Å²) in [6, 6.07) is 13.3. The van der Waals surface area contributed by atoms with Gasteiger partial charge in [0.15, 0.2) is 11.5 Å². The van der Waals surface area contributed by atoms with Gasteiger partial charge in [-0.25, -0.2) is 4.79 Å². The van der Waals surface area contributed by atoms with Gasteiger partial charge >= 0.3 is 5.69 Å². The summed E-state index contributed by atoms with van der Waals surface area (Å²) in [4.78, 5) is 31.6. The Morgan fingerprint density at radius 1 is 0.909 bits per heavy atom. The van der Waals surface area contributed by atoms with Crippen LogP contribution in [0.2, 0.25) is 0 Å². The van der Waals surface area contributed by atoms with Gasteiger partial charge in [-0.15, -0.1) is 0 Å². The van der Waals surface area contributed by atoms with Crippen LogP contribution in [0.1, 0.15) is 24.5 Å². The Kier molecular flexibility index (Phi) is 6.26. The molecule has 172 valence electrons. The molecular weight excluding hydrogens is 422 g/mol. The molecule has 33 heavy (non-hydrogen) atoms. The minimum Gasteiger partial charge on any atom is -0.493 e. The first-order chi connectivity index (χ1) is 16.0. The number of H-pyrrole nitrogens is 2. The molecule has 0 aliphatic carbocycles. The SMILES string of the molecule is CCCc1c(-c2cc(OC)c(OC)c(OC)c2)[nH]c2c1c(=O)[nH]c(=O)n2Cc1ccccc1. The van der Waals surface area contributed by atoms with Crippen LogP contribution in [0.25, 0.3) is 22.3 Å². The van der Waals surface area contributed by atoms with Crippen molar-refractivity contribution >= 4 is 11.0 Å². The van der Waals surface area contributed by atoms with Gasteiger partial charge in [0.2, 0.25) is 5.75 Å². The largest absolute Gasteiger partial charge is 0.493 e. The van der Waals surface area contributed by atoms with Crippen molar-refractivity contribution in [1.29, 1.82) is 0 Å². The topological polar surface area (TPSA) is 98.3 Å². The molecule has 2 N–H and O–H groups in total. The zero-order valence-electron chi connectivity index (χ0n) is 19.2. The van der Waals surface area contributed by atoms with Gasteiger partial charge in [0, 0.05) is 5.56 Å². The van der Waals surface area contributed by atoms with Gasteiger partial charge in [0.1, 0.15) is 5.65 Å². The van der Waals surface area contributed by atoms with Crippen LogP contribution in [-0.4, -0.2) is 35.9 Å². The molecule has 0 fully saturated rings. The number of rotatable bonds is 8. The van der Waals surface area contributed by atoms with Crippen molar-refractivity contribution in [2.45, 2.75) is 26.3 Å². The fourth-order valence-electron chi connectivity index (χ4n) is 4.19. The standard InChI is InChI=1S/C25H27N3O5/c1-5-9-17-20-23(28(25(30)27-24(20)29)14-15-10-7-6-8-11-15)26-21(17)16-12-18(31-2)22(33-4)19(13-16)32-3/h6-8,10-13,26H,5,9,14H2,1-4H3,(H,27,29,30). The predicted octanol–water partition coefficient (Wildman–Crippen LogP) is 3.71. The Morgan fingerprint density at radius 3 is 2.15 bits per heavy atom. The third-order valence-electron chi connectivity index (χ3n) is 5.68. The summed E-state index contributed by atoms with van der Waals surface area (Å²) in [5, 5.41) is 0.483. The van der Waals surface area contributed by atoms with Crippen LogP contribution in [0.3, 0.4) is 0 Å². The van der Waals surface area contributed by atoms with Crippen LogP contribution < -0.4 is 25.5 Å². The van der Waals surface area contributed by atoms with E-state index in [1.165, 1.54) is 0 Å². The highest BCUT2D eigenvalue weighted by atomic mass is 16.5. The number of aromatic amines is 2. The van der Waals surface area contributed by atoms with Gasteiger partial charge in [-0.05, 0) is 29.7 Å². The van der Waals surface area contributed by atoms with Crippen molar-refractivity contribution < 1.29 is 14.2 Å². The van der Waals surface area contributed by atoms with E-state index in [2.05, 4.69) is 9.97 Å². The fraction of sp³-hybridized carbons (Fsp3) is 0.280. The minimum absolute atomic E-state index is 0.327. The number of hydrogen-bond acceptors (Lipinski definition) is 5. The quantitative estimate of drug-likeness (QED) is 0.427. The second kappa shape index (κ2) is 9.28. The molecule has 0 bridgehead atoms. The molecule has 2 heterocycles. The van der Waals surface area contributed by atoms with Crippen molar-refractivity contribution in [2.75, 3.05) is 21.3 Å². The number of methoxy groups -OCH3 is 3. The highest BCUT2D eigenvalue weighted by Gasteiger charge is 2.22. The Hall–Kier alpha value is -3.94. The summed E-state index contributed by atoms with van der Waals surface area (Å²) in [5.74, 6) is 1.49. The van der Waals surface area contributed by atoms with E-state index in [-0.39, 0.29) is 0 Å². The van der Waals surface area contributed by atoms with E-state index in [4.69, 9.17) is 14.2 Å². The zero-order valence-corrected chi connectivity index (χ0v) is 19.2. The Morgan fingerprint density at radius 2 is 1.58 bits per heavy atom. The van der Waals surface area contributed by atoms with Crippen molar-refractivity contribution in [3.8, 4) is 28.5 Å². The van der Waals surface area contributed by atoms with Crippen LogP contribution in [0, 0.1) is 0 Å². The van der Waals surface area contributed by atoms with E-state index < -0.39 is 11.2 Å². The molecule has 4 rings (SSSR count). The lowest BCUT2D eigenvalue weighted by atomic mass is 10.0. The van der Waals surface area contributed by atoms with Gasteiger partial charge in [-0.2, -0.15) is 0 Å². The predicted molar refractivity (Wildman–Crippen MR) is 128 cm³/mol. The lowest BCUT2D eigenvalue weighted by molar-refractivity contribution is 0.324. The molecule has 2 aromatic heterocycles. The number of ether oxygens (including phenoxy) is 3. The maximum Gasteiger partial charge on any atom is 0.330 e. The van der Waals surface area contributed by atoms with Gasteiger partial charge in [-0.3, -0.25) is 14.3 Å². The highest BCUT2D eigenvalue weighted by molar-refractivity contribution is 5.89. The van der Waals surface area contributed by atoms with Crippen molar-refractivity contribution in [3.05, 3.63) is 74.4 Å². The summed E-state index contributed by atoms with van der Waals surface area (Å²) >= 11 is 0. The van der Waals surface area contributed by atoms with E-state index in [1.807, 2.05) is 49.4 Å². The van der Waals surface area contributed by atoms with Gasteiger partial charge in [0.05, 0.1) is 39.0 Å². The Balaban J connectivity index is 2.01. The average Bonchev–Trinajstić information content (AvgIpc) is 3.21. The molecule has 0 unspecified atom stereocenters. The number of benzene rings is 2. The smallest absolute Gasteiger partial charge is 0.330 e. The summed E-state index contributed by atoms with van der Waals surface area (Å²) in [7, 11) is 4.66. The normalized spacial score (nSPS) is 11.0. The molecule has 8 heteroatoms. The molecule has 8 nitrogen and oxygen atoms in total. The molecule has 0 spiro atoms. The lowest BCUT2D eigenvalue weighted by Crippen LogP contribution is -2.30. The Bertz CT molecular complexity index is 1370. The number of nitrogens with zero attached hydrogens (tertiary/aromatic N) is 1. The van der Waals surface area contributed by atoms with Crippen LogP contribution in [-0.2, 0) is 13.0 Å². The van der Waals surface area contributed by atoms with Crippen LogP contribution in [0.15, 0.2) is 52.1 Å². The Labute approximate surface area is 190 Å². The number of hydrogen-bond donors (Lipinski definition) is 2. The summed E-state index contributed by atoms with van der Waals surface area (Å²) in [6.45, 7) is 2.37. The number of aromatic nitrogens is 3. The first kappa shape index (κ1) is 22.3. The van der Waals surface area contributed by atoms with E-state index in [9.17, 15) is 9.59 Å². The molecule has 0 radical (unpaired) electrons. The minimum atomic E-state index is -0.461. The average molecular weight is 450 g/mol. The van der Waals surface area contributed by atoms with E-state index in [0.29, 0.717) is 41.2 Å². The third kappa shape index (κ3) is 4.00. The van der Waals surface area contributed by atoms with E-state index in [0.717, 1.165) is 28.8 Å². The zero-order chi connectivity index (χ0) is 23.5. The summed E-state index contributed by atoms with van der Waals surface area (Å²) in [5.41, 5.74) is 2.92. The van der Waals surface area contributed by atoms with Crippen molar-refractivity contribution in [2.24, 2.45) is 0 Å². The van der Waals surface area contributed by atoms with Crippen LogP contribution in [0.4, 0.5) is 0 Å². The first-order valence-corrected chi connectivity index (χ1v) is 10.7. The number of aryl methyl sites for hydroxylation is 1. The summed E-state index contributed by atoms with van der Waals surface area (Å²) in [6.07, 6.45) is 1.47. The molecule has 0 aliphatic rings. The highest BCUT2D eigenvalue weighted by Crippen LogP contribution is 2.42. The molecule has 0 amide bonds. The van der Waals surface area contributed by atoms with E-state index >= 15 is 0 Å². The summed E-state index contributed by atoms with van der Waals surface area (Å²) < 4.78 is 18.0. The third-order valence-corrected chi connectivity index (χ3v) is 5.68. The molecule has 0 aliphatic heterocycles. The van der Waals surface area contributed by atoms with Crippen molar-refractivity contribution in [3.63, 3.8) is 0 Å². The second-order valence-corrected chi connectivity index (χ2v) is 7.70. The monoisotopic (exact) mass is 449 g/mol.